The molecule has 0 aliphatic carbocycles. The van der Waals surface area contributed by atoms with Gasteiger partial charge in [-0.2, -0.15) is 0 Å². The second-order valence-corrected chi connectivity index (χ2v) is 5.87. The van der Waals surface area contributed by atoms with Crippen molar-refractivity contribution in [2.75, 3.05) is 63.7 Å². The number of hydrogen-bond acceptors (Lipinski definition) is 5. The molecule has 1 saturated heterocycles. The van der Waals surface area contributed by atoms with Gasteiger partial charge in [-0.25, -0.2) is 4.98 Å². The molecule has 0 unspecified atom stereocenters. The minimum Gasteiger partial charge on any atom is -0.382 e. The smallest absolute Gasteiger partial charge is 0.136 e. The summed E-state index contributed by atoms with van der Waals surface area (Å²) in [6.07, 6.45) is 1.96. The van der Waals surface area contributed by atoms with E-state index in [-0.39, 0.29) is 0 Å². The normalized spacial score (nSPS) is 15.5. The molecule has 1 aromatic carbocycles. The van der Waals surface area contributed by atoms with E-state index in [1.54, 1.807) is 0 Å². The van der Waals surface area contributed by atoms with E-state index in [4.69, 9.17) is 9.72 Å². The zero-order chi connectivity index (χ0) is 15.4. The Morgan fingerprint density at radius 1 is 1.18 bits per heavy atom. The van der Waals surface area contributed by atoms with Gasteiger partial charge in [-0.05, 0) is 14.1 Å². The molecule has 1 aliphatic rings. The molecule has 3 rings (SSSR count). The van der Waals surface area contributed by atoms with Gasteiger partial charge in [0.25, 0.3) is 0 Å². The van der Waals surface area contributed by atoms with Crippen LogP contribution >= 0.6 is 0 Å². The van der Waals surface area contributed by atoms with Crippen molar-refractivity contribution in [2.45, 2.75) is 0 Å². The summed E-state index contributed by atoms with van der Waals surface area (Å²) in [5.74, 6) is 1.07. The predicted molar refractivity (Wildman–Crippen MR) is 91.8 cm³/mol. The summed E-state index contributed by atoms with van der Waals surface area (Å²) >= 11 is 0. The molecule has 1 fully saturated rings. The number of nitrogens with one attached hydrogen (secondary N) is 1. The van der Waals surface area contributed by atoms with Gasteiger partial charge >= 0.3 is 0 Å². The van der Waals surface area contributed by atoms with Crippen molar-refractivity contribution < 1.29 is 4.74 Å². The number of anilines is 2. The van der Waals surface area contributed by atoms with Crippen LogP contribution in [0, 0.1) is 0 Å². The van der Waals surface area contributed by atoms with Crippen LogP contribution < -0.4 is 10.2 Å². The Morgan fingerprint density at radius 3 is 2.64 bits per heavy atom. The van der Waals surface area contributed by atoms with Gasteiger partial charge in [0.1, 0.15) is 5.82 Å². The highest BCUT2D eigenvalue weighted by Gasteiger charge is 2.16. The van der Waals surface area contributed by atoms with Gasteiger partial charge in [-0.3, -0.25) is 0 Å². The summed E-state index contributed by atoms with van der Waals surface area (Å²) < 4.78 is 5.45. The highest BCUT2D eigenvalue weighted by molar-refractivity contribution is 6.00. The third kappa shape index (κ3) is 3.31. The first-order valence-electron chi connectivity index (χ1n) is 7.85. The number of pyridine rings is 1. The summed E-state index contributed by atoms with van der Waals surface area (Å²) in [6, 6.07) is 8.49. The molecule has 5 nitrogen and oxygen atoms in total. The fraction of sp³-hybridized carbons (Fsp3) is 0.471. The molecule has 1 N–H and O–H groups in total. The Kier molecular flexibility index (Phi) is 4.75. The highest BCUT2D eigenvalue weighted by Crippen LogP contribution is 2.30. The van der Waals surface area contributed by atoms with E-state index in [2.05, 4.69) is 53.5 Å². The van der Waals surface area contributed by atoms with Crippen molar-refractivity contribution in [1.29, 1.82) is 0 Å². The summed E-state index contributed by atoms with van der Waals surface area (Å²) in [7, 11) is 4.17. The molecule has 0 atom stereocenters. The van der Waals surface area contributed by atoms with Crippen molar-refractivity contribution in [3.8, 4) is 0 Å². The topological polar surface area (TPSA) is 40.6 Å². The van der Waals surface area contributed by atoms with Gasteiger partial charge in [0, 0.05) is 37.0 Å². The average molecular weight is 300 g/mol. The van der Waals surface area contributed by atoms with Crippen molar-refractivity contribution in [3.63, 3.8) is 0 Å². The lowest BCUT2D eigenvalue weighted by molar-refractivity contribution is 0.122. The third-order valence-corrected chi connectivity index (χ3v) is 3.96. The molecule has 1 aliphatic heterocycles. The van der Waals surface area contributed by atoms with Crippen molar-refractivity contribution >= 4 is 22.3 Å². The lowest BCUT2D eigenvalue weighted by Crippen LogP contribution is -2.36. The van der Waals surface area contributed by atoms with E-state index in [0.717, 1.165) is 50.9 Å². The van der Waals surface area contributed by atoms with E-state index in [1.165, 1.54) is 10.8 Å². The van der Waals surface area contributed by atoms with Crippen LogP contribution in [0.3, 0.4) is 0 Å². The van der Waals surface area contributed by atoms with E-state index >= 15 is 0 Å². The van der Waals surface area contributed by atoms with Gasteiger partial charge in [0.2, 0.25) is 0 Å². The molecule has 0 saturated carbocycles. The number of ether oxygens (including phenoxy) is 1. The Morgan fingerprint density at radius 2 is 1.91 bits per heavy atom. The molecule has 0 radical (unpaired) electrons. The number of benzene rings is 1. The number of hydrogen-bond donors (Lipinski definition) is 1. The summed E-state index contributed by atoms with van der Waals surface area (Å²) in [6.45, 7) is 5.28. The van der Waals surface area contributed by atoms with Crippen LogP contribution in [-0.4, -0.2) is 63.4 Å². The summed E-state index contributed by atoms with van der Waals surface area (Å²) in [5.41, 5.74) is 1.11. The Labute approximate surface area is 131 Å². The second-order valence-electron chi connectivity index (χ2n) is 5.87. The first-order valence-corrected chi connectivity index (χ1v) is 7.85. The SMILES string of the molecule is CN(C)CCNc1cnc(N2CCOCC2)c2ccccc12. The number of fused-ring (bicyclic) bond motifs is 1. The molecule has 118 valence electrons. The highest BCUT2D eigenvalue weighted by atomic mass is 16.5. The van der Waals surface area contributed by atoms with E-state index in [1.807, 2.05) is 6.20 Å². The number of aromatic nitrogens is 1. The number of rotatable bonds is 5. The summed E-state index contributed by atoms with van der Waals surface area (Å²) in [5, 5.41) is 5.94. The van der Waals surface area contributed by atoms with E-state index in [0.29, 0.717) is 0 Å². The largest absolute Gasteiger partial charge is 0.382 e. The van der Waals surface area contributed by atoms with Crippen LogP contribution in [-0.2, 0) is 4.74 Å². The van der Waals surface area contributed by atoms with Gasteiger partial charge in [-0.1, -0.05) is 24.3 Å². The molecule has 22 heavy (non-hydrogen) atoms. The van der Waals surface area contributed by atoms with Crippen LogP contribution in [0.15, 0.2) is 30.5 Å². The van der Waals surface area contributed by atoms with Crippen LogP contribution in [0.25, 0.3) is 10.8 Å². The first-order chi connectivity index (χ1) is 10.8. The molecular formula is C17H24N4O. The lowest BCUT2D eigenvalue weighted by Gasteiger charge is -2.29. The molecular weight excluding hydrogens is 276 g/mol. The van der Waals surface area contributed by atoms with Gasteiger partial charge in [0.05, 0.1) is 25.1 Å². The molecule has 0 amide bonds. The number of likely N-dealkylation sites (N-methyl/N-ethyl adjacent to an activating group) is 1. The average Bonchev–Trinajstić information content (AvgIpc) is 2.55. The molecule has 5 heteroatoms. The van der Waals surface area contributed by atoms with Gasteiger partial charge < -0.3 is 19.9 Å². The predicted octanol–water partition coefficient (Wildman–Crippen LogP) is 2.04. The molecule has 0 spiro atoms. The van der Waals surface area contributed by atoms with E-state index < -0.39 is 0 Å². The first kappa shape index (κ1) is 15.1. The third-order valence-electron chi connectivity index (χ3n) is 3.96. The molecule has 2 aromatic rings. The van der Waals surface area contributed by atoms with Gasteiger partial charge in [0.15, 0.2) is 0 Å². The van der Waals surface area contributed by atoms with E-state index in [9.17, 15) is 0 Å². The molecule has 2 heterocycles. The standard InChI is InChI=1S/C17H24N4O/c1-20(2)8-7-18-16-13-19-17(21-9-11-22-12-10-21)15-6-4-3-5-14(15)16/h3-6,13,18H,7-12H2,1-2H3. The Bertz CT molecular complexity index is 623. The van der Waals surface area contributed by atoms with Crippen LogP contribution in [0.1, 0.15) is 0 Å². The van der Waals surface area contributed by atoms with Gasteiger partial charge in [-0.15, -0.1) is 0 Å². The minimum atomic E-state index is 0.777. The Hall–Kier alpha value is -1.85. The number of nitrogens with zero attached hydrogens (tertiary/aromatic N) is 3. The quantitative estimate of drug-likeness (QED) is 0.915. The fourth-order valence-electron chi connectivity index (χ4n) is 2.76. The van der Waals surface area contributed by atoms with Crippen molar-refractivity contribution in [2.24, 2.45) is 0 Å². The molecule has 0 bridgehead atoms. The van der Waals surface area contributed by atoms with Crippen LogP contribution in [0.5, 0.6) is 0 Å². The maximum Gasteiger partial charge on any atom is 0.136 e. The van der Waals surface area contributed by atoms with Crippen molar-refractivity contribution in [1.82, 2.24) is 9.88 Å². The Balaban J connectivity index is 1.89. The van der Waals surface area contributed by atoms with Crippen LogP contribution in [0.2, 0.25) is 0 Å². The maximum atomic E-state index is 5.45. The van der Waals surface area contributed by atoms with Crippen LogP contribution in [0.4, 0.5) is 11.5 Å². The molecule has 1 aromatic heterocycles. The summed E-state index contributed by atoms with van der Waals surface area (Å²) in [4.78, 5) is 9.21. The minimum absolute atomic E-state index is 0.777. The number of morpholine rings is 1. The monoisotopic (exact) mass is 300 g/mol. The lowest BCUT2D eigenvalue weighted by atomic mass is 10.1. The zero-order valence-electron chi connectivity index (χ0n) is 13.4. The van der Waals surface area contributed by atoms with Crippen molar-refractivity contribution in [3.05, 3.63) is 30.5 Å². The maximum absolute atomic E-state index is 5.45. The second kappa shape index (κ2) is 6.94. The fourth-order valence-corrected chi connectivity index (χ4v) is 2.76. The zero-order valence-corrected chi connectivity index (χ0v) is 13.4.